The van der Waals surface area contributed by atoms with Gasteiger partial charge in [-0.2, -0.15) is 0 Å². The predicted octanol–water partition coefficient (Wildman–Crippen LogP) is -0.498. The molecule has 1 fully saturated rings. The van der Waals surface area contributed by atoms with Gasteiger partial charge < -0.3 is 10.6 Å². The van der Waals surface area contributed by atoms with Crippen LogP contribution in [0, 0.1) is 0 Å². The Balaban J connectivity index is 2.59. The molecule has 1 heterocycles. The lowest BCUT2D eigenvalue weighted by Gasteiger charge is -2.16. The van der Waals surface area contributed by atoms with Crippen LogP contribution in [0.5, 0.6) is 0 Å². The Morgan fingerprint density at radius 2 is 2.42 bits per heavy atom. The maximum Gasteiger partial charge on any atom is 0.254 e. The monoisotopic (exact) mass is 171 g/mol. The van der Waals surface area contributed by atoms with Crippen LogP contribution >= 0.6 is 0 Å². The first-order valence-corrected chi connectivity index (χ1v) is 4.41. The highest BCUT2D eigenvalue weighted by Gasteiger charge is 2.24. The van der Waals surface area contributed by atoms with Gasteiger partial charge in [0.2, 0.25) is 0 Å². The van der Waals surface area contributed by atoms with E-state index in [0.717, 1.165) is 19.4 Å². The lowest BCUT2D eigenvalue weighted by atomic mass is 10.1. The van der Waals surface area contributed by atoms with Crippen molar-refractivity contribution in [1.29, 1.82) is 0 Å². The Hall–Kier alpha value is -0.610. The summed E-state index contributed by atoms with van der Waals surface area (Å²) >= 11 is 0. The molecule has 2 unspecified atom stereocenters. The zero-order chi connectivity index (χ0) is 9.14. The van der Waals surface area contributed by atoms with Gasteiger partial charge in [-0.15, -0.1) is 0 Å². The number of amides is 1. The van der Waals surface area contributed by atoms with Gasteiger partial charge in [-0.05, 0) is 12.8 Å². The van der Waals surface area contributed by atoms with Crippen LogP contribution in [0.3, 0.4) is 0 Å². The van der Waals surface area contributed by atoms with Crippen molar-refractivity contribution in [1.82, 2.24) is 10.2 Å². The molecule has 0 spiro atoms. The third-order valence-electron chi connectivity index (χ3n) is 2.36. The van der Waals surface area contributed by atoms with E-state index >= 15 is 0 Å². The number of rotatable bonds is 1. The molecule has 4 nitrogen and oxygen atoms in total. The molecule has 70 valence electrons. The summed E-state index contributed by atoms with van der Waals surface area (Å²) in [7, 11) is 1.79. The van der Waals surface area contributed by atoms with E-state index in [2.05, 4.69) is 12.2 Å². The molecule has 0 aromatic rings. The first-order valence-electron chi connectivity index (χ1n) is 4.41. The third kappa shape index (κ3) is 1.95. The van der Waals surface area contributed by atoms with Crippen LogP contribution in [0.2, 0.25) is 0 Å². The molecule has 1 aliphatic heterocycles. The molecule has 1 rings (SSSR count). The van der Waals surface area contributed by atoms with Crippen molar-refractivity contribution in [2.75, 3.05) is 13.6 Å². The number of hydrogen-bond donors (Lipinski definition) is 2. The Morgan fingerprint density at radius 1 is 1.75 bits per heavy atom. The SMILES string of the molecule is CCC1CCN(C)C(=O)C(N)N1. The second-order valence-corrected chi connectivity index (χ2v) is 3.30. The summed E-state index contributed by atoms with van der Waals surface area (Å²) in [6, 6.07) is 0.383. The summed E-state index contributed by atoms with van der Waals surface area (Å²) in [4.78, 5) is 13.0. The summed E-state index contributed by atoms with van der Waals surface area (Å²) < 4.78 is 0. The second-order valence-electron chi connectivity index (χ2n) is 3.30. The second kappa shape index (κ2) is 3.87. The highest BCUT2D eigenvalue weighted by atomic mass is 16.2. The Labute approximate surface area is 73.1 Å². The van der Waals surface area contributed by atoms with E-state index in [1.54, 1.807) is 11.9 Å². The molecule has 0 aromatic heterocycles. The van der Waals surface area contributed by atoms with Crippen molar-refractivity contribution < 1.29 is 4.79 Å². The highest BCUT2D eigenvalue weighted by molar-refractivity contribution is 5.81. The molecular weight excluding hydrogens is 154 g/mol. The fourth-order valence-corrected chi connectivity index (χ4v) is 1.43. The van der Waals surface area contributed by atoms with Crippen LogP contribution in [-0.2, 0) is 4.79 Å². The topological polar surface area (TPSA) is 58.4 Å². The zero-order valence-electron chi connectivity index (χ0n) is 7.71. The van der Waals surface area contributed by atoms with Crippen LogP contribution < -0.4 is 11.1 Å². The average Bonchev–Trinajstić information content (AvgIpc) is 2.19. The predicted molar refractivity (Wildman–Crippen MR) is 47.4 cm³/mol. The number of nitrogens with two attached hydrogens (primary N) is 1. The van der Waals surface area contributed by atoms with Crippen molar-refractivity contribution in [2.24, 2.45) is 5.73 Å². The van der Waals surface area contributed by atoms with E-state index in [9.17, 15) is 4.79 Å². The first kappa shape index (κ1) is 9.48. The summed E-state index contributed by atoms with van der Waals surface area (Å²) in [6.45, 7) is 2.90. The quantitative estimate of drug-likeness (QED) is 0.559. The van der Waals surface area contributed by atoms with E-state index in [0.29, 0.717) is 6.04 Å². The normalized spacial score (nSPS) is 31.9. The molecule has 0 saturated carbocycles. The largest absolute Gasteiger partial charge is 0.343 e. The summed E-state index contributed by atoms with van der Waals surface area (Å²) in [5.74, 6) is -0.00838. The van der Waals surface area contributed by atoms with Crippen molar-refractivity contribution in [3.8, 4) is 0 Å². The van der Waals surface area contributed by atoms with Crippen molar-refractivity contribution in [3.05, 3.63) is 0 Å². The molecule has 1 amide bonds. The number of nitrogens with one attached hydrogen (secondary N) is 1. The molecule has 0 aromatic carbocycles. The van der Waals surface area contributed by atoms with Gasteiger partial charge in [0.15, 0.2) is 0 Å². The van der Waals surface area contributed by atoms with Crippen molar-refractivity contribution >= 4 is 5.91 Å². The average molecular weight is 171 g/mol. The summed E-state index contributed by atoms with van der Waals surface area (Å²) in [5, 5.41) is 3.10. The number of carbonyl (C=O) groups is 1. The molecule has 3 N–H and O–H groups in total. The van der Waals surface area contributed by atoms with Gasteiger partial charge in [0.25, 0.3) is 5.91 Å². The van der Waals surface area contributed by atoms with Crippen molar-refractivity contribution in [3.63, 3.8) is 0 Å². The Bertz CT molecular complexity index is 172. The zero-order valence-corrected chi connectivity index (χ0v) is 7.71. The fraction of sp³-hybridized carbons (Fsp3) is 0.875. The number of hydrogen-bond acceptors (Lipinski definition) is 3. The van der Waals surface area contributed by atoms with Crippen LogP contribution in [0.4, 0.5) is 0 Å². The fourth-order valence-electron chi connectivity index (χ4n) is 1.43. The van der Waals surface area contributed by atoms with E-state index in [4.69, 9.17) is 5.73 Å². The first-order chi connectivity index (χ1) is 5.65. The van der Waals surface area contributed by atoms with E-state index < -0.39 is 6.17 Å². The minimum atomic E-state index is -0.512. The Kier molecular flexibility index (Phi) is 3.05. The number of carbonyl (C=O) groups excluding carboxylic acids is 1. The molecule has 12 heavy (non-hydrogen) atoms. The highest BCUT2D eigenvalue weighted by Crippen LogP contribution is 2.05. The minimum Gasteiger partial charge on any atom is -0.343 e. The lowest BCUT2D eigenvalue weighted by molar-refractivity contribution is -0.131. The summed E-state index contributed by atoms with van der Waals surface area (Å²) in [5.41, 5.74) is 5.63. The molecule has 0 aliphatic carbocycles. The molecule has 1 aliphatic rings. The Morgan fingerprint density at radius 3 is 3.00 bits per heavy atom. The van der Waals surface area contributed by atoms with Crippen LogP contribution in [0.1, 0.15) is 19.8 Å². The molecule has 0 bridgehead atoms. The van der Waals surface area contributed by atoms with Crippen LogP contribution in [-0.4, -0.2) is 36.6 Å². The van der Waals surface area contributed by atoms with Crippen LogP contribution in [0.25, 0.3) is 0 Å². The van der Waals surface area contributed by atoms with Gasteiger partial charge in [0.1, 0.15) is 6.17 Å². The van der Waals surface area contributed by atoms with Gasteiger partial charge in [-0.25, -0.2) is 0 Å². The van der Waals surface area contributed by atoms with Gasteiger partial charge in [0.05, 0.1) is 0 Å². The van der Waals surface area contributed by atoms with Gasteiger partial charge >= 0.3 is 0 Å². The third-order valence-corrected chi connectivity index (χ3v) is 2.36. The molecular formula is C8H17N3O. The van der Waals surface area contributed by atoms with E-state index in [1.807, 2.05) is 0 Å². The van der Waals surface area contributed by atoms with E-state index in [1.165, 1.54) is 0 Å². The van der Waals surface area contributed by atoms with Gasteiger partial charge in [0, 0.05) is 19.6 Å². The molecule has 0 radical (unpaired) electrons. The standard InChI is InChI=1S/C8H17N3O/c1-3-6-4-5-11(2)8(12)7(9)10-6/h6-7,10H,3-5,9H2,1-2H3. The van der Waals surface area contributed by atoms with Crippen molar-refractivity contribution in [2.45, 2.75) is 32.0 Å². The lowest BCUT2D eigenvalue weighted by Crippen LogP contribution is -2.50. The maximum atomic E-state index is 11.3. The van der Waals surface area contributed by atoms with Crippen LogP contribution in [0.15, 0.2) is 0 Å². The summed E-state index contributed by atoms with van der Waals surface area (Å²) in [6.07, 6.45) is 1.50. The number of nitrogens with zero attached hydrogens (tertiary/aromatic N) is 1. The molecule has 4 heteroatoms. The number of likely N-dealkylation sites (N-methyl/N-ethyl adjacent to an activating group) is 1. The van der Waals surface area contributed by atoms with Gasteiger partial charge in [-0.3, -0.25) is 10.1 Å². The molecule has 2 atom stereocenters. The van der Waals surface area contributed by atoms with E-state index in [-0.39, 0.29) is 5.91 Å². The van der Waals surface area contributed by atoms with Gasteiger partial charge in [-0.1, -0.05) is 6.92 Å². The smallest absolute Gasteiger partial charge is 0.254 e. The maximum absolute atomic E-state index is 11.3. The molecule has 1 saturated heterocycles. The minimum absolute atomic E-state index is 0.00838.